The van der Waals surface area contributed by atoms with Gasteiger partial charge in [-0.3, -0.25) is 9.36 Å². The van der Waals surface area contributed by atoms with Crippen LogP contribution in [0.5, 0.6) is 0 Å². The van der Waals surface area contributed by atoms with Crippen molar-refractivity contribution in [3.8, 4) is 0 Å². The van der Waals surface area contributed by atoms with Crippen molar-refractivity contribution in [3.63, 3.8) is 0 Å². The van der Waals surface area contributed by atoms with E-state index in [-0.39, 0.29) is 18.5 Å². The number of anilines is 1. The van der Waals surface area contributed by atoms with Gasteiger partial charge in [0.15, 0.2) is 0 Å². The van der Waals surface area contributed by atoms with Crippen LogP contribution in [0.25, 0.3) is 0 Å². The maximum atomic E-state index is 11.6. The Hall–Kier alpha value is -1.63. The first kappa shape index (κ1) is 12.4. The van der Waals surface area contributed by atoms with E-state index in [0.717, 1.165) is 9.25 Å². The molecule has 1 aromatic heterocycles. The van der Waals surface area contributed by atoms with E-state index in [1.807, 2.05) is 6.92 Å². The van der Waals surface area contributed by atoms with E-state index in [1.54, 1.807) is 0 Å². The molecule has 0 aliphatic heterocycles. The summed E-state index contributed by atoms with van der Waals surface area (Å²) >= 11 is 0. The molecule has 0 saturated carbocycles. The lowest BCUT2D eigenvalue weighted by Gasteiger charge is -2.13. The average molecular weight is 228 g/mol. The van der Waals surface area contributed by atoms with E-state index in [0.29, 0.717) is 6.42 Å². The van der Waals surface area contributed by atoms with Gasteiger partial charge in [-0.15, -0.1) is 5.10 Å². The van der Waals surface area contributed by atoms with Crippen LogP contribution in [0, 0.1) is 0 Å². The Kier molecular flexibility index (Phi) is 3.83. The normalized spacial score (nSPS) is 12.5. The van der Waals surface area contributed by atoms with Crippen molar-refractivity contribution >= 4 is 5.82 Å². The maximum Gasteiger partial charge on any atom is 0.346 e. The third-order valence-electron chi connectivity index (χ3n) is 2.27. The van der Waals surface area contributed by atoms with Gasteiger partial charge in [0.25, 0.3) is 5.56 Å². The van der Waals surface area contributed by atoms with E-state index in [1.165, 1.54) is 14.1 Å². The first-order valence-corrected chi connectivity index (χ1v) is 4.99. The molecule has 1 aromatic rings. The van der Waals surface area contributed by atoms with Crippen LogP contribution in [0.4, 0.5) is 5.82 Å². The summed E-state index contributed by atoms with van der Waals surface area (Å²) in [7, 11) is 2.87. The highest BCUT2D eigenvalue weighted by Crippen LogP contribution is 1.97. The molecule has 1 rings (SSSR count). The van der Waals surface area contributed by atoms with Gasteiger partial charge < -0.3 is 10.4 Å². The number of hydrogen-bond acceptors (Lipinski definition) is 5. The fourth-order valence-electron chi connectivity index (χ4n) is 1.29. The Bertz CT molecular complexity index is 477. The summed E-state index contributed by atoms with van der Waals surface area (Å²) in [5.74, 6) is 0.116. The van der Waals surface area contributed by atoms with E-state index in [2.05, 4.69) is 10.4 Å². The zero-order valence-electron chi connectivity index (χ0n) is 9.60. The molecule has 1 unspecified atom stereocenters. The highest BCUT2D eigenvalue weighted by atomic mass is 16.3. The number of nitrogens with zero attached hydrogens (tertiary/aromatic N) is 3. The van der Waals surface area contributed by atoms with Crippen LogP contribution in [0.2, 0.25) is 0 Å². The van der Waals surface area contributed by atoms with Crippen LogP contribution in [0.3, 0.4) is 0 Å². The third kappa shape index (κ3) is 2.48. The van der Waals surface area contributed by atoms with E-state index in [9.17, 15) is 9.59 Å². The average Bonchev–Trinajstić information content (AvgIpc) is 2.23. The molecular formula is C9H16N4O3. The fourth-order valence-corrected chi connectivity index (χ4v) is 1.29. The lowest BCUT2D eigenvalue weighted by atomic mass is 10.2. The predicted octanol–water partition coefficient (Wildman–Crippen LogP) is -1.34. The SMILES string of the molecule is CC(CCO)Nc1nn(C)c(=O)n(C)c1=O. The van der Waals surface area contributed by atoms with Crippen LogP contribution in [0.1, 0.15) is 13.3 Å². The second kappa shape index (κ2) is 4.93. The van der Waals surface area contributed by atoms with Gasteiger partial charge in [0.05, 0.1) is 0 Å². The van der Waals surface area contributed by atoms with Gasteiger partial charge in [-0.2, -0.15) is 0 Å². The van der Waals surface area contributed by atoms with Gasteiger partial charge in [0.1, 0.15) is 0 Å². The lowest BCUT2D eigenvalue weighted by molar-refractivity contribution is 0.282. The molecule has 0 bridgehead atoms. The number of hydrogen-bond donors (Lipinski definition) is 2. The van der Waals surface area contributed by atoms with Gasteiger partial charge in [0, 0.05) is 26.7 Å². The van der Waals surface area contributed by atoms with Crippen LogP contribution in [0.15, 0.2) is 9.59 Å². The minimum absolute atomic E-state index is 0.0280. The van der Waals surface area contributed by atoms with Crippen LogP contribution in [-0.2, 0) is 14.1 Å². The highest BCUT2D eigenvalue weighted by Gasteiger charge is 2.10. The summed E-state index contributed by atoms with van der Waals surface area (Å²) in [4.78, 5) is 23.0. The molecule has 1 atom stereocenters. The lowest BCUT2D eigenvalue weighted by Crippen LogP contribution is -2.40. The van der Waals surface area contributed by atoms with E-state index >= 15 is 0 Å². The molecule has 0 spiro atoms. The van der Waals surface area contributed by atoms with Gasteiger partial charge >= 0.3 is 5.69 Å². The van der Waals surface area contributed by atoms with Crippen LogP contribution in [-0.4, -0.2) is 32.1 Å². The molecule has 0 aromatic carbocycles. The summed E-state index contributed by atoms with van der Waals surface area (Å²) < 4.78 is 2.08. The largest absolute Gasteiger partial charge is 0.396 e. The smallest absolute Gasteiger partial charge is 0.346 e. The monoisotopic (exact) mass is 228 g/mol. The van der Waals surface area contributed by atoms with Crippen molar-refractivity contribution in [1.29, 1.82) is 0 Å². The minimum atomic E-state index is -0.467. The molecule has 7 heteroatoms. The molecule has 7 nitrogen and oxygen atoms in total. The fraction of sp³-hybridized carbons (Fsp3) is 0.667. The summed E-state index contributed by atoms with van der Waals surface area (Å²) in [5.41, 5.74) is -0.932. The molecule has 1 heterocycles. The number of aliphatic hydroxyl groups excluding tert-OH is 1. The second-order valence-electron chi connectivity index (χ2n) is 3.68. The Morgan fingerprint density at radius 2 is 2.06 bits per heavy atom. The number of aliphatic hydroxyl groups is 1. The van der Waals surface area contributed by atoms with Gasteiger partial charge in [-0.05, 0) is 13.3 Å². The summed E-state index contributed by atoms with van der Waals surface area (Å²) in [6.07, 6.45) is 0.508. The minimum Gasteiger partial charge on any atom is -0.396 e. The Morgan fingerprint density at radius 1 is 1.44 bits per heavy atom. The van der Waals surface area contributed by atoms with Crippen molar-refractivity contribution in [3.05, 3.63) is 20.8 Å². The number of rotatable bonds is 4. The molecule has 0 aliphatic rings. The summed E-state index contributed by atoms with van der Waals surface area (Å²) in [5, 5.41) is 15.4. The second-order valence-corrected chi connectivity index (χ2v) is 3.68. The first-order chi connectivity index (χ1) is 7.47. The molecule has 90 valence electrons. The number of aromatic nitrogens is 3. The van der Waals surface area contributed by atoms with Gasteiger partial charge in [0.2, 0.25) is 5.82 Å². The quantitative estimate of drug-likeness (QED) is 0.666. The zero-order valence-corrected chi connectivity index (χ0v) is 9.60. The molecule has 0 amide bonds. The van der Waals surface area contributed by atoms with Gasteiger partial charge in [-0.25, -0.2) is 9.48 Å². The highest BCUT2D eigenvalue weighted by molar-refractivity contribution is 5.30. The first-order valence-electron chi connectivity index (χ1n) is 4.99. The standard InChI is InChI=1S/C9H16N4O3/c1-6(4-5-14)10-7-8(15)12(2)9(16)13(3)11-7/h6,14H,4-5H2,1-3H3,(H,10,11). The molecule has 0 aliphatic carbocycles. The van der Waals surface area contributed by atoms with Crippen molar-refractivity contribution in [1.82, 2.24) is 14.3 Å². The molecule has 0 radical (unpaired) electrons. The Morgan fingerprint density at radius 3 is 2.62 bits per heavy atom. The van der Waals surface area contributed by atoms with Crippen molar-refractivity contribution in [2.75, 3.05) is 11.9 Å². The van der Waals surface area contributed by atoms with Crippen molar-refractivity contribution in [2.45, 2.75) is 19.4 Å². The molecule has 0 saturated heterocycles. The number of aryl methyl sites for hydroxylation is 1. The summed E-state index contributed by atoms with van der Waals surface area (Å²) in [6.45, 7) is 1.85. The Labute approximate surface area is 92.3 Å². The molecule has 16 heavy (non-hydrogen) atoms. The molecular weight excluding hydrogens is 212 g/mol. The van der Waals surface area contributed by atoms with Crippen LogP contribution < -0.4 is 16.6 Å². The topological polar surface area (TPSA) is 89.2 Å². The molecule has 2 N–H and O–H groups in total. The summed E-state index contributed by atoms with van der Waals surface area (Å²) in [6, 6.07) is -0.0808. The third-order valence-corrected chi connectivity index (χ3v) is 2.27. The molecule has 0 fully saturated rings. The number of nitrogens with one attached hydrogen (secondary N) is 1. The predicted molar refractivity (Wildman–Crippen MR) is 59.5 cm³/mol. The Balaban J connectivity index is 3.07. The van der Waals surface area contributed by atoms with Crippen molar-refractivity contribution in [2.24, 2.45) is 14.1 Å². The van der Waals surface area contributed by atoms with E-state index in [4.69, 9.17) is 5.11 Å². The van der Waals surface area contributed by atoms with Gasteiger partial charge in [-0.1, -0.05) is 0 Å². The van der Waals surface area contributed by atoms with Crippen molar-refractivity contribution < 1.29 is 5.11 Å². The maximum absolute atomic E-state index is 11.6. The van der Waals surface area contributed by atoms with Crippen LogP contribution >= 0.6 is 0 Å². The van der Waals surface area contributed by atoms with E-state index < -0.39 is 11.2 Å². The zero-order chi connectivity index (χ0) is 12.3.